The molecule has 21 heavy (non-hydrogen) atoms. The SMILES string of the molecule is C=CCSc1nnc(NC(=O)c2cc(SC)ccc2Cl)s1. The molecule has 0 atom stereocenters. The van der Waals surface area contributed by atoms with Crippen LogP contribution in [-0.4, -0.2) is 28.1 Å². The molecule has 2 rings (SSSR count). The van der Waals surface area contributed by atoms with Gasteiger partial charge in [-0.05, 0) is 24.5 Å². The normalized spacial score (nSPS) is 10.4. The summed E-state index contributed by atoms with van der Waals surface area (Å²) in [7, 11) is 0. The summed E-state index contributed by atoms with van der Waals surface area (Å²) in [5.74, 6) is 0.469. The Balaban J connectivity index is 2.10. The number of carbonyl (C=O) groups excluding carboxylic acids is 1. The summed E-state index contributed by atoms with van der Waals surface area (Å²) in [5, 5.41) is 11.5. The summed E-state index contributed by atoms with van der Waals surface area (Å²) in [4.78, 5) is 13.2. The quantitative estimate of drug-likeness (QED) is 0.470. The number of hydrogen-bond donors (Lipinski definition) is 1. The van der Waals surface area contributed by atoms with Crippen LogP contribution in [0.25, 0.3) is 0 Å². The first-order chi connectivity index (χ1) is 10.1. The van der Waals surface area contributed by atoms with E-state index < -0.39 is 0 Å². The minimum atomic E-state index is -0.285. The van der Waals surface area contributed by atoms with Crippen LogP contribution in [0, 0.1) is 0 Å². The van der Waals surface area contributed by atoms with Crippen molar-refractivity contribution in [2.75, 3.05) is 17.3 Å². The number of aromatic nitrogens is 2. The second-order valence-corrected chi connectivity index (χ2v) is 7.30. The fourth-order valence-corrected chi connectivity index (χ4v) is 3.57. The first-order valence-electron chi connectivity index (χ1n) is 5.86. The van der Waals surface area contributed by atoms with Crippen LogP contribution in [-0.2, 0) is 0 Å². The highest BCUT2D eigenvalue weighted by Crippen LogP contribution is 2.27. The van der Waals surface area contributed by atoms with E-state index in [1.165, 1.54) is 23.1 Å². The molecule has 4 nitrogen and oxygen atoms in total. The second-order valence-electron chi connectivity index (χ2n) is 3.77. The number of thioether (sulfide) groups is 2. The number of benzene rings is 1. The van der Waals surface area contributed by atoms with Crippen LogP contribution in [0.15, 0.2) is 40.1 Å². The van der Waals surface area contributed by atoms with Gasteiger partial charge in [0.2, 0.25) is 5.13 Å². The molecular weight excluding hydrogens is 346 g/mol. The Bertz CT molecular complexity index is 660. The molecule has 8 heteroatoms. The van der Waals surface area contributed by atoms with E-state index in [1.807, 2.05) is 12.3 Å². The Kier molecular flexibility index (Phi) is 6.10. The number of anilines is 1. The lowest BCUT2D eigenvalue weighted by atomic mass is 10.2. The summed E-state index contributed by atoms with van der Waals surface area (Å²) >= 11 is 10.5. The van der Waals surface area contributed by atoms with Crippen LogP contribution in [0.4, 0.5) is 5.13 Å². The van der Waals surface area contributed by atoms with Crippen LogP contribution in [0.5, 0.6) is 0 Å². The number of halogens is 1. The summed E-state index contributed by atoms with van der Waals surface area (Å²) < 4.78 is 0.786. The zero-order valence-electron chi connectivity index (χ0n) is 11.1. The molecule has 0 aliphatic carbocycles. The van der Waals surface area contributed by atoms with Crippen molar-refractivity contribution in [3.8, 4) is 0 Å². The van der Waals surface area contributed by atoms with E-state index in [-0.39, 0.29) is 5.91 Å². The van der Waals surface area contributed by atoms with Crippen molar-refractivity contribution in [2.45, 2.75) is 9.24 Å². The summed E-state index contributed by atoms with van der Waals surface area (Å²) in [6, 6.07) is 5.35. The van der Waals surface area contributed by atoms with Crippen LogP contribution >= 0.6 is 46.5 Å². The maximum absolute atomic E-state index is 12.2. The monoisotopic (exact) mass is 357 g/mol. The van der Waals surface area contributed by atoms with Crippen LogP contribution in [0.2, 0.25) is 5.02 Å². The maximum Gasteiger partial charge on any atom is 0.259 e. The van der Waals surface area contributed by atoms with Gasteiger partial charge in [-0.15, -0.1) is 28.5 Å². The summed E-state index contributed by atoms with van der Waals surface area (Å²) in [6.07, 6.45) is 3.73. The Morgan fingerprint density at radius 2 is 2.33 bits per heavy atom. The van der Waals surface area contributed by atoms with Crippen molar-refractivity contribution in [2.24, 2.45) is 0 Å². The van der Waals surface area contributed by atoms with Gasteiger partial charge in [-0.25, -0.2) is 0 Å². The largest absolute Gasteiger partial charge is 0.296 e. The van der Waals surface area contributed by atoms with E-state index in [2.05, 4.69) is 22.1 Å². The molecule has 0 spiro atoms. The van der Waals surface area contributed by atoms with Crippen LogP contribution < -0.4 is 5.32 Å². The van der Waals surface area contributed by atoms with Gasteiger partial charge in [-0.3, -0.25) is 10.1 Å². The number of amides is 1. The molecule has 1 heterocycles. The molecule has 0 saturated heterocycles. The van der Waals surface area contributed by atoms with Crippen LogP contribution in [0.3, 0.4) is 0 Å². The van der Waals surface area contributed by atoms with E-state index >= 15 is 0 Å². The van der Waals surface area contributed by atoms with Gasteiger partial charge in [-0.1, -0.05) is 40.8 Å². The second kappa shape index (κ2) is 7.84. The molecular formula is C13H12ClN3OS3. The number of rotatable bonds is 6. The Morgan fingerprint density at radius 3 is 3.05 bits per heavy atom. The van der Waals surface area contributed by atoms with Gasteiger partial charge in [0, 0.05) is 10.6 Å². The number of carbonyl (C=O) groups is 1. The zero-order valence-corrected chi connectivity index (χ0v) is 14.3. The van der Waals surface area contributed by atoms with E-state index in [0.717, 1.165) is 15.0 Å². The average Bonchev–Trinajstić information content (AvgIpc) is 2.93. The standard InChI is InChI=1S/C13H12ClN3OS3/c1-3-6-20-13-17-16-12(21-13)15-11(18)9-7-8(19-2)4-5-10(9)14/h3-5,7H,1,6H2,2H3,(H,15,16,18). The summed E-state index contributed by atoms with van der Waals surface area (Å²) in [6.45, 7) is 3.65. The molecule has 0 bridgehead atoms. The first kappa shape index (κ1) is 16.4. The highest BCUT2D eigenvalue weighted by Gasteiger charge is 2.14. The van der Waals surface area contributed by atoms with E-state index in [4.69, 9.17) is 11.6 Å². The molecule has 0 unspecified atom stereocenters. The minimum absolute atomic E-state index is 0.285. The van der Waals surface area contributed by atoms with Crippen molar-refractivity contribution in [1.29, 1.82) is 0 Å². The molecule has 1 amide bonds. The van der Waals surface area contributed by atoms with E-state index in [9.17, 15) is 4.79 Å². The molecule has 0 aliphatic heterocycles. The molecule has 110 valence electrons. The van der Waals surface area contributed by atoms with Gasteiger partial charge >= 0.3 is 0 Å². The number of hydrogen-bond acceptors (Lipinski definition) is 6. The van der Waals surface area contributed by atoms with Crippen molar-refractivity contribution in [3.05, 3.63) is 41.4 Å². The number of nitrogens with zero attached hydrogens (tertiary/aromatic N) is 2. The molecule has 0 fully saturated rings. The Hall–Kier alpha value is -1.02. The topological polar surface area (TPSA) is 54.9 Å². The van der Waals surface area contributed by atoms with Crippen molar-refractivity contribution >= 4 is 57.5 Å². The molecule has 1 aromatic carbocycles. The Labute approximate surface area is 140 Å². The van der Waals surface area contributed by atoms with E-state index in [0.29, 0.717) is 15.7 Å². The van der Waals surface area contributed by atoms with Crippen molar-refractivity contribution in [3.63, 3.8) is 0 Å². The zero-order chi connectivity index (χ0) is 15.2. The number of nitrogens with one attached hydrogen (secondary N) is 1. The molecule has 1 N–H and O–H groups in total. The third-order valence-electron chi connectivity index (χ3n) is 2.37. The van der Waals surface area contributed by atoms with Gasteiger partial charge in [0.25, 0.3) is 5.91 Å². The van der Waals surface area contributed by atoms with Gasteiger partial charge in [0.15, 0.2) is 4.34 Å². The molecule has 0 radical (unpaired) electrons. The van der Waals surface area contributed by atoms with Gasteiger partial charge in [0.1, 0.15) is 0 Å². The van der Waals surface area contributed by atoms with Crippen molar-refractivity contribution in [1.82, 2.24) is 10.2 Å². The fraction of sp³-hybridized carbons (Fsp3) is 0.154. The lowest BCUT2D eigenvalue weighted by Gasteiger charge is -2.05. The summed E-state index contributed by atoms with van der Waals surface area (Å²) in [5.41, 5.74) is 0.430. The highest BCUT2D eigenvalue weighted by atomic mass is 35.5. The Morgan fingerprint density at radius 1 is 1.52 bits per heavy atom. The predicted molar refractivity (Wildman–Crippen MR) is 92.0 cm³/mol. The van der Waals surface area contributed by atoms with Gasteiger partial charge in [-0.2, -0.15) is 0 Å². The smallest absolute Gasteiger partial charge is 0.259 e. The van der Waals surface area contributed by atoms with Gasteiger partial charge < -0.3 is 0 Å². The third kappa shape index (κ3) is 4.47. The molecule has 0 aliphatic rings. The fourth-order valence-electron chi connectivity index (χ4n) is 1.42. The lowest BCUT2D eigenvalue weighted by Crippen LogP contribution is -2.12. The first-order valence-corrected chi connectivity index (χ1v) is 9.26. The van der Waals surface area contributed by atoms with Crippen molar-refractivity contribution < 1.29 is 4.79 Å². The minimum Gasteiger partial charge on any atom is -0.296 e. The van der Waals surface area contributed by atoms with Gasteiger partial charge in [0.05, 0.1) is 10.6 Å². The average molecular weight is 358 g/mol. The molecule has 0 saturated carbocycles. The third-order valence-corrected chi connectivity index (χ3v) is 5.39. The predicted octanol–water partition coefficient (Wildman–Crippen LogP) is 4.44. The maximum atomic E-state index is 12.2. The highest BCUT2D eigenvalue weighted by molar-refractivity contribution is 8.01. The van der Waals surface area contributed by atoms with E-state index in [1.54, 1.807) is 30.0 Å². The lowest BCUT2D eigenvalue weighted by molar-refractivity contribution is 0.102. The molecule has 2 aromatic rings. The molecule has 1 aromatic heterocycles. The van der Waals surface area contributed by atoms with Crippen LogP contribution in [0.1, 0.15) is 10.4 Å².